The number of hydrogen-bond acceptors (Lipinski definition) is 4. The van der Waals surface area contributed by atoms with E-state index in [-0.39, 0.29) is 5.75 Å². The van der Waals surface area contributed by atoms with Crippen molar-refractivity contribution in [2.75, 3.05) is 7.11 Å². The molecule has 0 atom stereocenters. The number of phenols is 1. The van der Waals surface area contributed by atoms with Crippen molar-refractivity contribution in [1.82, 2.24) is 4.98 Å². The van der Waals surface area contributed by atoms with Crippen molar-refractivity contribution in [3.05, 3.63) is 53.9 Å². The summed E-state index contributed by atoms with van der Waals surface area (Å²) in [4.78, 5) is 4.34. The van der Waals surface area contributed by atoms with Gasteiger partial charge >= 0.3 is 0 Å². The van der Waals surface area contributed by atoms with Crippen LogP contribution in [0.4, 0.5) is 0 Å². The Hall–Kier alpha value is -2.75. The second kappa shape index (κ2) is 5.09. The number of benzene rings is 2. The topological polar surface area (TPSA) is 55.5 Å². The van der Waals surface area contributed by atoms with Crippen LogP contribution >= 0.6 is 0 Å². The van der Waals surface area contributed by atoms with Gasteiger partial charge in [0.05, 0.1) is 7.11 Å². The lowest BCUT2D eigenvalue weighted by atomic mass is 10.2. The van der Waals surface area contributed by atoms with Crippen LogP contribution in [0.15, 0.2) is 46.9 Å². The summed E-state index contributed by atoms with van der Waals surface area (Å²) in [5.74, 6) is 1.08. The highest BCUT2D eigenvalue weighted by molar-refractivity contribution is 5.76. The van der Waals surface area contributed by atoms with Crippen LogP contribution in [0.25, 0.3) is 23.3 Å². The Balaban J connectivity index is 1.88. The van der Waals surface area contributed by atoms with Gasteiger partial charge in [0.2, 0.25) is 5.89 Å². The molecule has 1 aromatic heterocycles. The summed E-state index contributed by atoms with van der Waals surface area (Å²) < 4.78 is 10.6. The number of para-hydroxylation sites is 2. The molecule has 3 rings (SSSR count). The molecule has 2 aromatic carbocycles. The van der Waals surface area contributed by atoms with Crippen LogP contribution in [0.3, 0.4) is 0 Å². The molecule has 0 saturated carbocycles. The lowest BCUT2D eigenvalue weighted by Crippen LogP contribution is -1.83. The third kappa shape index (κ3) is 2.36. The van der Waals surface area contributed by atoms with E-state index in [4.69, 9.17) is 9.15 Å². The van der Waals surface area contributed by atoms with Gasteiger partial charge in [-0.1, -0.05) is 18.2 Å². The minimum Gasteiger partial charge on any atom is -0.504 e. The largest absolute Gasteiger partial charge is 0.504 e. The average Bonchev–Trinajstić information content (AvgIpc) is 2.88. The third-order valence-corrected chi connectivity index (χ3v) is 2.93. The van der Waals surface area contributed by atoms with E-state index >= 15 is 0 Å². The lowest BCUT2D eigenvalue weighted by molar-refractivity contribution is 0.373. The van der Waals surface area contributed by atoms with E-state index in [0.29, 0.717) is 11.6 Å². The highest BCUT2D eigenvalue weighted by Crippen LogP contribution is 2.27. The molecule has 0 fully saturated rings. The highest BCUT2D eigenvalue weighted by atomic mass is 16.5. The van der Waals surface area contributed by atoms with Gasteiger partial charge in [0.1, 0.15) is 5.52 Å². The van der Waals surface area contributed by atoms with E-state index in [1.807, 2.05) is 36.4 Å². The van der Waals surface area contributed by atoms with E-state index in [0.717, 1.165) is 16.7 Å². The van der Waals surface area contributed by atoms with E-state index in [1.165, 1.54) is 7.11 Å². The predicted octanol–water partition coefficient (Wildman–Crippen LogP) is 3.71. The van der Waals surface area contributed by atoms with Gasteiger partial charge in [0.25, 0.3) is 0 Å². The first-order chi connectivity index (χ1) is 9.76. The van der Waals surface area contributed by atoms with Gasteiger partial charge < -0.3 is 14.3 Å². The van der Waals surface area contributed by atoms with Crippen molar-refractivity contribution >= 4 is 23.3 Å². The first-order valence-electron chi connectivity index (χ1n) is 6.17. The van der Waals surface area contributed by atoms with E-state index in [9.17, 15) is 5.11 Å². The molecule has 20 heavy (non-hydrogen) atoms. The zero-order chi connectivity index (χ0) is 13.9. The number of nitrogens with zero attached hydrogens (tertiary/aromatic N) is 1. The molecule has 0 spiro atoms. The second-order valence-corrected chi connectivity index (χ2v) is 4.28. The Labute approximate surface area is 115 Å². The Bertz CT molecular complexity index is 741. The summed E-state index contributed by atoms with van der Waals surface area (Å²) in [6, 6.07) is 12.8. The number of hydrogen-bond donors (Lipinski definition) is 1. The molecule has 1 heterocycles. The fraction of sp³-hybridized carbons (Fsp3) is 0.0625. The molecule has 0 bridgehead atoms. The number of fused-ring (bicyclic) bond motifs is 1. The minimum absolute atomic E-state index is 0.104. The van der Waals surface area contributed by atoms with Crippen molar-refractivity contribution in [1.29, 1.82) is 0 Å². The van der Waals surface area contributed by atoms with Gasteiger partial charge in [-0.15, -0.1) is 0 Å². The van der Waals surface area contributed by atoms with E-state index < -0.39 is 0 Å². The number of rotatable bonds is 3. The molecule has 1 N–H and O–H groups in total. The SMILES string of the molecule is COc1ccc(C=Cc2nc3ccccc3o2)cc1O. The molecule has 100 valence electrons. The Morgan fingerprint density at radius 3 is 2.75 bits per heavy atom. The fourth-order valence-electron chi connectivity index (χ4n) is 1.94. The maximum Gasteiger partial charge on any atom is 0.220 e. The predicted molar refractivity (Wildman–Crippen MR) is 77.6 cm³/mol. The molecular formula is C16H13NO3. The number of aromatic nitrogens is 1. The summed E-state index contributed by atoms with van der Waals surface area (Å²) in [5.41, 5.74) is 2.42. The van der Waals surface area contributed by atoms with Crippen LogP contribution in [0.1, 0.15) is 11.5 Å². The molecule has 0 aliphatic heterocycles. The van der Waals surface area contributed by atoms with E-state index in [2.05, 4.69) is 4.98 Å². The number of ether oxygens (including phenoxy) is 1. The second-order valence-electron chi connectivity index (χ2n) is 4.28. The van der Waals surface area contributed by atoms with Crippen LogP contribution in [0.5, 0.6) is 11.5 Å². The number of oxazole rings is 1. The molecule has 0 radical (unpaired) electrons. The van der Waals surface area contributed by atoms with Crippen LogP contribution in [0, 0.1) is 0 Å². The smallest absolute Gasteiger partial charge is 0.220 e. The molecule has 0 aliphatic rings. The quantitative estimate of drug-likeness (QED) is 0.786. The van der Waals surface area contributed by atoms with Crippen LogP contribution in [-0.4, -0.2) is 17.2 Å². The minimum atomic E-state index is 0.104. The molecule has 0 aliphatic carbocycles. The maximum atomic E-state index is 9.70. The van der Waals surface area contributed by atoms with Gasteiger partial charge in [-0.2, -0.15) is 0 Å². The van der Waals surface area contributed by atoms with Crippen LogP contribution in [0.2, 0.25) is 0 Å². The van der Waals surface area contributed by atoms with E-state index in [1.54, 1.807) is 18.2 Å². The van der Waals surface area contributed by atoms with Crippen LogP contribution in [-0.2, 0) is 0 Å². The summed E-state index contributed by atoms with van der Waals surface area (Å²) in [6.07, 6.45) is 3.59. The molecule has 4 heteroatoms. The molecule has 0 unspecified atom stereocenters. The van der Waals surface area contributed by atoms with Gasteiger partial charge in [0.15, 0.2) is 17.1 Å². The first kappa shape index (κ1) is 12.3. The zero-order valence-corrected chi connectivity index (χ0v) is 10.9. The maximum absolute atomic E-state index is 9.70. The Kier molecular flexibility index (Phi) is 3.13. The lowest BCUT2D eigenvalue weighted by Gasteiger charge is -2.02. The van der Waals surface area contributed by atoms with Crippen molar-refractivity contribution in [3.63, 3.8) is 0 Å². The highest BCUT2D eigenvalue weighted by Gasteiger charge is 2.02. The normalized spacial score (nSPS) is 11.2. The summed E-state index contributed by atoms with van der Waals surface area (Å²) in [5, 5.41) is 9.70. The molecule has 0 saturated heterocycles. The molecule has 4 nitrogen and oxygen atoms in total. The standard InChI is InChI=1S/C16H13NO3/c1-19-15-8-6-11(10-13(15)18)7-9-16-17-12-4-2-3-5-14(12)20-16/h2-10,18H,1H3. The Morgan fingerprint density at radius 1 is 1.15 bits per heavy atom. The van der Waals surface area contributed by atoms with Crippen molar-refractivity contribution in [2.24, 2.45) is 0 Å². The number of methoxy groups -OCH3 is 1. The molecule has 3 aromatic rings. The fourth-order valence-corrected chi connectivity index (χ4v) is 1.94. The average molecular weight is 267 g/mol. The number of aromatic hydroxyl groups is 1. The zero-order valence-electron chi connectivity index (χ0n) is 10.9. The summed E-state index contributed by atoms with van der Waals surface area (Å²) in [6.45, 7) is 0. The molecular weight excluding hydrogens is 254 g/mol. The van der Waals surface area contributed by atoms with Crippen molar-refractivity contribution in [3.8, 4) is 11.5 Å². The van der Waals surface area contributed by atoms with Gasteiger partial charge in [-0.3, -0.25) is 0 Å². The van der Waals surface area contributed by atoms with Crippen molar-refractivity contribution in [2.45, 2.75) is 0 Å². The van der Waals surface area contributed by atoms with Gasteiger partial charge in [-0.25, -0.2) is 4.98 Å². The monoisotopic (exact) mass is 267 g/mol. The van der Waals surface area contributed by atoms with Crippen molar-refractivity contribution < 1.29 is 14.3 Å². The number of phenolic OH excluding ortho intramolecular Hbond substituents is 1. The van der Waals surface area contributed by atoms with Gasteiger partial charge in [0, 0.05) is 6.08 Å². The summed E-state index contributed by atoms with van der Waals surface area (Å²) >= 11 is 0. The summed E-state index contributed by atoms with van der Waals surface area (Å²) in [7, 11) is 1.52. The van der Waals surface area contributed by atoms with Gasteiger partial charge in [-0.05, 0) is 35.9 Å². The third-order valence-electron chi connectivity index (χ3n) is 2.93. The molecule has 0 amide bonds. The van der Waals surface area contributed by atoms with Crippen LogP contribution < -0.4 is 4.74 Å². The first-order valence-corrected chi connectivity index (χ1v) is 6.17. The Morgan fingerprint density at radius 2 is 2.00 bits per heavy atom.